The lowest BCUT2D eigenvalue weighted by Crippen LogP contribution is -2.37. The molecule has 0 aromatic heterocycles. The number of fused-ring (bicyclic) bond motifs is 1. The van der Waals surface area contributed by atoms with Crippen molar-refractivity contribution in [3.8, 4) is 0 Å². The average Bonchev–Trinajstić information content (AvgIpc) is 2.95. The molecule has 2 heterocycles. The highest BCUT2D eigenvalue weighted by atomic mass is 32.2. The van der Waals surface area contributed by atoms with Crippen LogP contribution in [0.4, 0.5) is 0 Å². The van der Waals surface area contributed by atoms with Crippen LogP contribution >= 0.6 is 11.8 Å². The minimum atomic E-state index is -3.00. The topological polar surface area (TPSA) is 66.8 Å². The Hall–Kier alpha value is -1.60. The molecule has 128 valence electrons. The standard InChI is InChI=1S/C17H20N2O3S2/c1-3-8-19-14-10-24(21,22)11-15(14)23-17(19)18-16(20)9-13-6-4-12(2)5-7-13/h3-7,14-15H,1,8-11H2,2H3/t14-,15-/m1/s1. The molecule has 24 heavy (non-hydrogen) atoms. The second kappa shape index (κ2) is 6.72. The summed E-state index contributed by atoms with van der Waals surface area (Å²) in [5.41, 5.74) is 2.08. The fourth-order valence-corrected chi connectivity index (χ4v) is 6.99. The van der Waals surface area contributed by atoms with E-state index in [1.54, 1.807) is 6.08 Å². The molecule has 0 unspecified atom stereocenters. The molecule has 7 heteroatoms. The molecule has 2 fully saturated rings. The molecular formula is C17H20N2O3S2. The molecular weight excluding hydrogens is 344 g/mol. The summed E-state index contributed by atoms with van der Waals surface area (Å²) in [7, 11) is -3.00. The van der Waals surface area contributed by atoms with Gasteiger partial charge in [-0.1, -0.05) is 47.7 Å². The van der Waals surface area contributed by atoms with Gasteiger partial charge in [-0.15, -0.1) is 6.58 Å². The first-order chi connectivity index (χ1) is 11.4. The number of sulfone groups is 1. The lowest BCUT2D eigenvalue weighted by molar-refractivity contribution is -0.117. The van der Waals surface area contributed by atoms with Gasteiger partial charge in [0, 0.05) is 11.8 Å². The minimum Gasteiger partial charge on any atom is -0.342 e. The van der Waals surface area contributed by atoms with E-state index in [9.17, 15) is 13.2 Å². The van der Waals surface area contributed by atoms with Gasteiger partial charge in [0.15, 0.2) is 15.0 Å². The number of rotatable bonds is 4. The van der Waals surface area contributed by atoms with Crippen molar-refractivity contribution >= 4 is 32.7 Å². The monoisotopic (exact) mass is 364 g/mol. The zero-order valence-electron chi connectivity index (χ0n) is 13.5. The van der Waals surface area contributed by atoms with Crippen molar-refractivity contribution in [2.24, 2.45) is 4.99 Å². The van der Waals surface area contributed by atoms with Gasteiger partial charge >= 0.3 is 0 Å². The molecule has 1 amide bonds. The molecule has 0 radical (unpaired) electrons. The second-order valence-corrected chi connectivity index (χ2v) is 9.55. The largest absolute Gasteiger partial charge is 0.342 e. The van der Waals surface area contributed by atoms with E-state index >= 15 is 0 Å². The number of aliphatic imine (C=N–C) groups is 1. The summed E-state index contributed by atoms with van der Waals surface area (Å²) in [5, 5.41) is 0.581. The third-order valence-electron chi connectivity index (χ3n) is 4.20. The second-order valence-electron chi connectivity index (χ2n) is 6.19. The van der Waals surface area contributed by atoms with Crippen molar-refractivity contribution in [1.82, 2.24) is 4.90 Å². The Morgan fingerprint density at radius 1 is 1.38 bits per heavy atom. The Labute approximate surface area is 146 Å². The molecule has 3 rings (SSSR count). The highest BCUT2D eigenvalue weighted by Crippen LogP contribution is 2.38. The first kappa shape index (κ1) is 17.2. The van der Waals surface area contributed by atoms with Crippen molar-refractivity contribution < 1.29 is 13.2 Å². The minimum absolute atomic E-state index is 0.0409. The fraction of sp³-hybridized carbons (Fsp3) is 0.412. The summed E-state index contributed by atoms with van der Waals surface area (Å²) in [6.45, 7) is 6.23. The third-order valence-corrected chi connectivity index (χ3v) is 7.44. The zero-order valence-corrected chi connectivity index (χ0v) is 15.1. The number of hydrogen-bond donors (Lipinski definition) is 0. The number of carbonyl (C=O) groups is 1. The molecule has 1 aromatic rings. The lowest BCUT2D eigenvalue weighted by Gasteiger charge is -2.22. The Morgan fingerprint density at radius 3 is 2.75 bits per heavy atom. The first-order valence-electron chi connectivity index (χ1n) is 7.79. The Bertz CT molecular complexity index is 785. The van der Waals surface area contributed by atoms with E-state index in [1.807, 2.05) is 36.1 Å². The third kappa shape index (κ3) is 3.72. The van der Waals surface area contributed by atoms with E-state index in [0.717, 1.165) is 11.1 Å². The fourth-order valence-electron chi connectivity index (χ4n) is 3.01. The molecule has 1 aromatic carbocycles. The molecule has 0 N–H and O–H groups in total. The predicted octanol–water partition coefficient (Wildman–Crippen LogP) is 1.82. The summed E-state index contributed by atoms with van der Waals surface area (Å²) in [5.74, 6) is 0.0726. The van der Waals surface area contributed by atoms with Gasteiger partial charge in [0.05, 0.1) is 24.0 Å². The van der Waals surface area contributed by atoms with Crippen molar-refractivity contribution in [1.29, 1.82) is 0 Å². The smallest absolute Gasteiger partial charge is 0.252 e. The van der Waals surface area contributed by atoms with E-state index < -0.39 is 9.84 Å². The molecule has 0 spiro atoms. The first-order valence-corrected chi connectivity index (χ1v) is 10.5. The maximum absolute atomic E-state index is 12.3. The van der Waals surface area contributed by atoms with Crippen molar-refractivity contribution in [3.63, 3.8) is 0 Å². The molecule has 0 aliphatic carbocycles. The SMILES string of the molecule is C=CCN1C(=NC(=O)Cc2ccc(C)cc2)S[C@@H]2CS(=O)(=O)C[C@H]21. The molecule has 2 saturated heterocycles. The number of hydrogen-bond acceptors (Lipinski definition) is 4. The van der Waals surface area contributed by atoms with Gasteiger partial charge in [-0.3, -0.25) is 4.79 Å². The van der Waals surface area contributed by atoms with Crippen LogP contribution in [0.25, 0.3) is 0 Å². The number of aryl methyl sites for hydroxylation is 1. The van der Waals surface area contributed by atoms with Gasteiger partial charge in [-0.2, -0.15) is 4.99 Å². The van der Waals surface area contributed by atoms with Crippen LogP contribution in [0.15, 0.2) is 41.9 Å². The maximum Gasteiger partial charge on any atom is 0.252 e. The predicted molar refractivity (Wildman–Crippen MR) is 98.0 cm³/mol. The Morgan fingerprint density at radius 2 is 2.08 bits per heavy atom. The average molecular weight is 364 g/mol. The van der Waals surface area contributed by atoms with Gasteiger partial charge in [-0.25, -0.2) is 8.42 Å². The lowest BCUT2D eigenvalue weighted by atomic mass is 10.1. The summed E-state index contributed by atoms with van der Waals surface area (Å²) in [6, 6.07) is 7.69. The Balaban J connectivity index is 1.75. The summed E-state index contributed by atoms with van der Waals surface area (Å²) in [6.07, 6.45) is 1.97. The van der Waals surface area contributed by atoms with Gasteiger partial charge in [0.1, 0.15) is 0 Å². The quantitative estimate of drug-likeness (QED) is 0.763. The number of carbonyl (C=O) groups excluding carboxylic acids is 1. The highest BCUT2D eigenvalue weighted by molar-refractivity contribution is 8.15. The van der Waals surface area contributed by atoms with E-state index in [1.165, 1.54) is 11.8 Å². The summed E-state index contributed by atoms with van der Waals surface area (Å²) in [4.78, 5) is 18.4. The number of amidine groups is 1. The van der Waals surface area contributed by atoms with Gasteiger partial charge in [-0.05, 0) is 12.5 Å². The van der Waals surface area contributed by atoms with E-state index in [4.69, 9.17) is 0 Å². The van der Waals surface area contributed by atoms with Crippen LogP contribution in [-0.4, -0.2) is 53.7 Å². The van der Waals surface area contributed by atoms with Gasteiger partial charge < -0.3 is 4.90 Å². The molecule has 0 saturated carbocycles. The van der Waals surface area contributed by atoms with E-state index in [-0.39, 0.29) is 35.1 Å². The number of amides is 1. The zero-order chi connectivity index (χ0) is 17.3. The van der Waals surface area contributed by atoms with Crippen LogP contribution < -0.4 is 0 Å². The van der Waals surface area contributed by atoms with Gasteiger partial charge in [0.2, 0.25) is 0 Å². The number of benzene rings is 1. The van der Waals surface area contributed by atoms with Crippen LogP contribution in [0.2, 0.25) is 0 Å². The van der Waals surface area contributed by atoms with Crippen molar-refractivity contribution in [2.45, 2.75) is 24.6 Å². The van der Waals surface area contributed by atoms with Gasteiger partial charge in [0.25, 0.3) is 5.91 Å². The van der Waals surface area contributed by atoms with E-state index in [2.05, 4.69) is 11.6 Å². The van der Waals surface area contributed by atoms with Crippen LogP contribution in [0, 0.1) is 6.92 Å². The van der Waals surface area contributed by atoms with Crippen molar-refractivity contribution in [3.05, 3.63) is 48.0 Å². The van der Waals surface area contributed by atoms with Crippen LogP contribution in [0.5, 0.6) is 0 Å². The normalized spacial score (nSPS) is 26.5. The summed E-state index contributed by atoms with van der Waals surface area (Å²) >= 11 is 1.40. The maximum atomic E-state index is 12.3. The summed E-state index contributed by atoms with van der Waals surface area (Å²) < 4.78 is 23.6. The molecule has 2 atom stereocenters. The Kier molecular flexibility index (Phi) is 4.83. The number of nitrogens with zero attached hydrogens (tertiary/aromatic N) is 2. The molecule has 2 aliphatic rings. The van der Waals surface area contributed by atoms with Crippen LogP contribution in [-0.2, 0) is 21.1 Å². The molecule has 0 bridgehead atoms. The molecule has 2 aliphatic heterocycles. The highest BCUT2D eigenvalue weighted by Gasteiger charge is 2.48. The number of thioether (sulfide) groups is 1. The van der Waals surface area contributed by atoms with E-state index in [0.29, 0.717) is 11.7 Å². The van der Waals surface area contributed by atoms with Crippen LogP contribution in [0.3, 0.4) is 0 Å². The van der Waals surface area contributed by atoms with Crippen molar-refractivity contribution in [2.75, 3.05) is 18.1 Å². The van der Waals surface area contributed by atoms with Crippen LogP contribution in [0.1, 0.15) is 11.1 Å². The molecule has 5 nitrogen and oxygen atoms in total.